The number of ether oxygens (including phenoxy) is 2. The van der Waals surface area contributed by atoms with E-state index >= 15 is 0 Å². The summed E-state index contributed by atoms with van der Waals surface area (Å²) in [6, 6.07) is 11.7. The summed E-state index contributed by atoms with van der Waals surface area (Å²) in [5.74, 6) is 0.378. The molecule has 0 unspecified atom stereocenters. The lowest BCUT2D eigenvalue weighted by Crippen LogP contribution is -2.16. The first-order valence-electron chi connectivity index (χ1n) is 7.92. The molecule has 0 atom stereocenters. The van der Waals surface area contributed by atoms with Crippen LogP contribution in [0.15, 0.2) is 54.3 Å². The average molecular weight is 414 g/mol. The minimum absolute atomic E-state index is 0.243. The lowest BCUT2D eigenvalue weighted by Gasteiger charge is -2.24. The normalized spacial score (nSPS) is 14.8. The zero-order valence-electron chi connectivity index (χ0n) is 14.1. The number of rotatable bonds is 4. The number of alkyl halides is 3. The molecule has 0 spiro atoms. The van der Waals surface area contributed by atoms with E-state index in [0.717, 1.165) is 5.56 Å². The quantitative estimate of drug-likeness (QED) is 0.540. The molecule has 1 aliphatic carbocycles. The fourth-order valence-electron chi connectivity index (χ4n) is 2.82. The van der Waals surface area contributed by atoms with E-state index in [2.05, 4.69) is 4.74 Å². The third-order valence-electron chi connectivity index (χ3n) is 3.98. The predicted octanol–water partition coefficient (Wildman–Crippen LogP) is 6.94. The summed E-state index contributed by atoms with van der Waals surface area (Å²) in [6.07, 6.45) is -1.28. The number of benzene rings is 2. The van der Waals surface area contributed by atoms with Gasteiger partial charge in [-0.15, -0.1) is 13.2 Å². The van der Waals surface area contributed by atoms with Crippen LogP contribution in [0.2, 0.25) is 10.0 Å². The maximum Gasteiger partial charge on any atom is 0.573 e. The van der Waals surface area contributed by atoms with Gasteiger partial charge in [-0.25, -0.2) is 0 Å². The summed E-state index contributed by atoms with van der Waals surface area (Å²) in [6.45, 7) is 0. The fraction of sp³-hybridized carbons (Fsp3) is 0.150. The van der Waals surface area contributed by atoms with Crippen molar-refractivity contribution < 1.29 is 22.6 Å². The maximum absolute atomic E-state index is 12.9. The van der Waals surface area contributed by atoms with Gasteiger partial charge in [-0.2, -0.15) is 0 Å². The molecule has 2 nitrogen and oxygen atoms in total. The van der Waals surface area contributed by atoms with Gasteiger partial charge in [-0.05, 0) is 59.9 Å². The van der Waals surface area contributed by atoms with E-state index in [4.69, 9.17) is 27.9 Å². The topological polar surface area (TPSA) is 18.5 Å². The van der Waals surface area contributed by atoms with Crippen LogP contribution in [0, 0.1) is 6.42 Å². The van der Waals surface area contributed by atoms with E-state index in [1.165, 1.54) is 18.2 Å². The van der Waals surface area contributed by atoms with Gasteiger partial charge in [0.1, 0.15) is 11.5 Å². The zero-order chi connectivity index (χ0) is 19.6. The molecule has 0 amide bonds. The minimum atomic E-state index is -4.81. The van der Waals surface area contributed by atoms with Crippen LogP contribution in [0.3, 0.4) is 0 Å². The first kappa shape index (κ1) is 19.6. The van der Waals surface area contributed by atoms with E-state index in [1.54, 1.807) is 37.4 Å². The maximum atomic E-state index is 12.9. The molecule has 0 aromatic heterocycles. The molecule has 0 saturated carbocycles. The van der Waals surface area contributed by atoms with Crippen LogP contribution >= 0.6 is 23.2 Å². The van der Waals surface area contributed by atoms with Crippen molar-refractivity contribution in [1.82, 2.24) is 0 Å². The summed E-state index contributed by atoms with van der Waals surface area (Å²) >= 11 is 12.0. The van der Waals surface area contributed by atoms with Crippen LogP contribution in [-0.2, 0) is 4.74 Å². The summed E-state index contributed by atoms with van der Waals surface area (Å²) < 4.78 is 48.3. The van der Waals surface area contributed by atoms with E-state index in [0.29, 0.717) is 33.9 Å². The first-order chi connectivity index (χ1) is 12.8. The van der Waals surface area contributed by atoms with E-state index in [9.17, 15) is 13.2 Å². The van der Waals surface area contributed by atoms with Crippen LogP contribution in [0.5, 0.6) is 5.75 Å². The van der Waals surface area contributed by atoms with Crippen LogP contribution in [0.1, 0.15) is 17.5 Å². The van der Waals surface area contributed by atoms with Gasteiger partial charge in [0.25, 0.3) is 0 Å². The Kier molecular flexibility index (Phi) is 5.72. The average Bonchev–Trinajstić information content (AvgIpc) is 2.63. The molecular weight excluding hydrogens is 400 g/mol. The van der Waals surface area contributed by atoms with Crippen molar-refractivity contribution >= 4 is 34.3 Å². The highest BCUT2D eigenvalue weighted by Gasteiger charge is 2.35. The second-order valence-corrected chi connectivity index (χ2v) is 6.52. The second kappa shape index (κ2) is 7.87. The number of methoxy groups -OCH3 is 1. The molecule has 0 aliphatic heterocycles. The molecule has 0 N–H and O–H groups in total. The van der Waals surface area contributed by atoms with Gasteiger partial charge in [0.2, 0.25) is 0 Å². The van der Waals surface area contributed by atoms with Gasteiger partial charge in [0.05, 0.1) is 17.2 Å². The van der Waals surface area contributed by atoms with Gasteiger partial charge < -0.3 is 9.47 Å². The van der Waals surface area contributed by atoms with Gasteiger partial charge in [-0.1, -0.05) is 41.4 Å². The van der Waals surface area contributed by atoms with Crippen molar-refractivity contribution in [2.45, 2.75) is 12.8 Å². The van der Waals surface area contributed by atoms with Gasteiger partial charge >= 0.3 is 6.36 Å². The van der Waals surface area contributed by atoms with Crippen molar-refractivity contribution in [3.8, 4) is 5.75 Å². The number of halogens is 5. The van der Waals surface area contributed by atoms with Gasteiger partial charge in [0, 0.05) is 5.57 Å². The lowest BCUT2D eigenvalue weighted by molar-refractivity contribution is -0.302. The van der Waals surface area contributed by atoms with Crippen molar-refractivity contribution in [3.05, 3.63) is 81.9 Å². The smallest absolute Gasteiger partial charge is 0.497 e. The number of allylic oxidation sites excluding steroid dienone is 3. The Labute approximate surface area is 164 Å². The molecule has 3 rings (SSSR count). The second-order valence-electron chi connectivity index (χ2n) is 5.70. The SMILES string of the molecule is COc1ccc(C2=C(c3ccc(Cl)c(Cl)c3)C(OC(F)(F)F)=CC[CH]2)cc1. The fourth-order valence-corrected chi connectivity index (χ4v) is 3.12. The van der Waals surface area contributed by atoms with Crippen molar-refractivity contribution in [1.29, 1.82) is 0 Å². The molecule has 0 bridgehead atoms. The zero-order valence-corrected chi connectivity index (χ0v) is 15.6. The summed E-state index contributed by atoms with van der Waals surface area (Å²) in [5.41, 5.74) is 2.11. The molecule has 2 aromatic carbocycles. The third kappa shape index (κ3) is 4.60. The molecule has 0 heterocycles. The van der Waals surface area contributed by atoms with E-state index < -0.39 is 6.36 Å². The molecule has 1 radical (unpaired) electrons. The molecule has 1 aliphatic rings. The van der Waals surface area contributed by atoms with Crippen LogP contribution in [0.4, 0.5) is 13.2 Å². The Morgan fingerprint density at radius 1 is 0.926 bits per heavy atom. The molecular formula is C20H14Cl2F3O2. The van der Waals surface area contributed by atoms with E-state index in [-0.39, 0.29) is 10.8 Å². The van der Waals surface area contributed by atoms with Gasteiger partial charge in [0.15, 0.2) is 0 Å². The summed E-state index contributed by atoms with van der Waals surface area (Å²) in [5, 5.41) is 0.557. The summed E-state index contributed by atoms with van der Waals surface area (Å²) in [4.78, 5) is 0. The predicted molar refractivity (Wildman–Crippen MR) is 100 cm³/mol. The molecule has 0 saturated heterocycles. The highest BCUT2D eigenvalue weighted by Crippen LogP contribution is 2.42. The van der Waals surface area contributed by atoms with Crippen LogP contribution in [0.25, 0.3) is 11.1 Å². The molecule has 2 aromatic rings. The van der Waals surface area contributed by atoms with Crippen molar-refractivity contribution in [2.75, 3.05) is 7.11 Å². The van der Waals surface area contributed by atoms with Gasteiger partial charge in [-0.3, -0.25) is 0 Å². The standard InChI is InChI=1S/C20H14Cl2F3O2/c1-26-14-8-5-12(6-9-14)15-3-2-4-18(27-20(23,24)25)19(15)13-7-10-16(21)17(22)11-13/h3-11H,2H2,1H3. The first-order valence-corrected chi connectivity index (χ1v) is 8.67. The third-order valence-corrected chi connectivity index (χ3v) is 4.71. The van der Waals surface area contributed by atoms with Crippen LogP contribution < -0.4 is 4.74 Å². The Morgan fingerprint density at radius 2 is 1.59 bits per heavy atom. The Morgan fingerprint density at radius 3 is 2.19 bits per heavy atom. The minimum Gasteiger partial charge on any atom is -0.497 e. The van der Waals surface area contributed by atoms with Crippen molar-refractivity contribution in [2.24, 2.45) is 0 Å². The Bertz CT molecular complexity index is 900. The largest absolute Gasteiger partial charge is 0.573 e. The highest BCUT2D eigenvalue weighted by atomic mass is 35.5. The molecule has 0 fully saturated rings. The molecule has 141 valence electrons. The Balaban J connectivity index is 2.17. The number of hydrogen-bond donors (Lipinski definition) is 0. The Hall–Kier alpha value is -2.11. The monoisotopic (exact) mass is 413 g/mol. The van der Waals surface area contributed by atoms with Crippen molar-refractivity contribution in [3.63, 3.8) is 0 Å². The number of hydrogen-bond acceptors (Lipinski definition) is 2. The lowest BCUT2D eigenvalue weighted by atomic mass is 9.86. The van der Waals surface area contributed by atoms with E-state index in [1.807, 2.05) is 6.42 Å². The molecule has 7 heteroatoms. The highest BCUT2D eigenvalue weighted by molar-refractivity contribution is 6.42. The van der Waals surface area contributed by atoms with Crippen LogP contribution in [-0.4, -0.2) is 13.5 Å². The summed E-state index contributed by atoms with van der Waals surface area (Å²) in [7, 11) is 1.54. The molecule has 27 heavy (non-hydrogen) atoms.